The van der Waals surface area contributed by atoms with Gasteiger partial charge in [0, 0.05) is 28.5 Å². The fourth-order valence-corrected chi connectivity index (χ4v) is 5.36. The van der Waals surface area contributed by atoms with Crippen LogP contribution in [-0.4, -0.2) is 20.9 Å². The molecule has 5 nitrogen and oxygen atoms in total. The minimum atomic E-state index is -3.74. The van der Waals surface area contributed by atoms with Crippen molar-refractivity contribution in [2.75, 3.05) is 16.2 Å². The minimum Gasteiger partial charge on any atom is -0.308 e. The Morgan fingerprint density at radius 3 is 2.58 bits per heavy atom. The van der Waals surface area contributed by atoms with Crippen LogP contribution in [0, 0.1) is 0 Å². The number of nitrogens with one attached hydrogen (secondary N) is 1. The second-order valence-corrected chi connectivity index (χ2v) is 10.4. The van der Waals surface area contributed by atoms with E-state index in [4.69, 9.17) is 11.6 Å². The zero-order valence-corrected chi connectivity index (χ0v) is 20.1. The summed E-state index contributed by atoms with van der Waals surface area (Å²) < 4.78 is 28.7. The molecule has 1 amide bonds. The van der Waals surface area contributed by atoms with Gasteiger partial charge in [-0.25, -0.2) is 8.42 Å². The summed E-state index contributed by atoms with van der Waals surface area (Å²) in [6.07, 6.45) is 4.68. The van der Waals surface area contributed by atoms with E-state index in [-0.39, 0.29) is 10.8 Å². The van der Waals surface area contributed by atoms with Crippen LogP contribution in [0.4, 0.5) is 11.4 Å². The summed E-state index contributed by atoms with van der Waals surface area (Å²) in [5.41, 5.74) is 3.82. The molecule has 0 bridgehead atoms. The number of hydrogen-bond acceptors (Lipinski definition) is 3. The number of sulfonamides is 1. The number of carbonyl (C=O) groups is 1. The van der Waals surface area contributed by atoms with E-state index in [0.29, 0.717) is 29.2 Å². The number of unbranched alkanes of at least 4 members (excludes halogenated alkanes) is 1. The van der Waals surface area contributed by atoms with Gasteiger partial charge in [-0.2, -0.15) is 0 Å². The van der Waals surface area contributed by atoms with Gasteiger partial charge in [0.05, 0.1) is 4.90 Å². The highest BCUT2D eigenvalue weighted by molar-refractivity contribution is 7.92. The molecule has 0 aromatic heterocycles. The van der Waals surface area contributed by atoms with Crippen LogP contribution in [0.15, 0.2) is 71.6 Å². The number of amides is 1. The Kier molecular flexibility index (Phi) is 7.05. The Morgan fingerprint density at radius 2 is 1.85 bits per heavy atom. The van der Waals surface area contributed by atoms with E-state index in [2.05, 4.69) is 11.6 Å². The van der Waals surface area contributed by atoms with Crippen LogP contribution in [-0.2, 0) is 22.9 Å². The van der Waals surface area contributed by atoms with Gasteiger partial charge in [-0.05, 0) is 85.3 Å². The Bertz CT molecular complexity index is 1260. The molecule has 3 aromatic rings. The number of rotatable bonds is 7. The molecule has 1 aliphatic rings. The third-order valence-electron chi connectivity index (χ3n) is 5.82. The molecule has 0 saturated carbocycles. The fraction of sp³-hybridized carbons (Fsp3) is 0.269. The normalized spacial score (nSPS) is 13.5. The number of nitrogens with zero attached hydrogens (tertiary/aromatic N) is 1. The van der Waals surface area contributed by atoms with Gasteiger partial charge < -0.3 is 4.90 Å². The SMILES string of the molecule is CCCCc1ccc(NS(=O)(=O)c2ccc3c(c2)CCCN3C(=O)c2cccc(Cl)c2)cc1. The number of halogens is 1. The lowest BCUT2D eigenvalue weighted by molar-refractivity contribution is 0.0985. The number of carbonyl (C=O) groups excluding carboxylic acids is 1. The summed E-state index contributed by atoms with van der Waals surface area (Å²) in [5.74, 6) is -0.143. The van der Waals surface area contributed by atoms with Gasteiger partial charge in [0.1, 0.15) is 0 Å². The first kappa shape index (κ1) is 23.3. The molecule has 1 aliphatic heterocycles. The van der Waals surface area contributed by atoms with Crippen molar-refractivity contribution in [1.82, 2.24) is 0 Å². The molecule has 1 heterocycles. The van der Waals surface area contributed by atoms with Crippen molar-refractivity contribution in [2.24, 2.45) is 0 Å². The molecule has 7 heteroatoms. The van der Waals surface area contributed by atoms with Gasteiger partial charge in [0.25, 0.3) is 15.9 Å². The van der Waals surface area contributed by atoms with Crippen LogP contribution in [0.3, 0.4) is 0 Å². The smallest absolute Gasteiger partial charge is 0.261 e. The lowest BCUT2D eigenvalue weighted by atomic mass is 10.0. The zero-order valence-electron chi connectivity index (χ0n) is 18.6. The van der Waals surface area contributed by atoms with Crippen LogP contribution in [0.1, 0.15) is 47.7 Å². The second kappa shape index (κ2) is 9.98. The molecule has 3 aromatic carbocycles. The fourth-order valence-electron chi connectivity index (χ4n) is 4.06. The first-order valence-corrected chi connectivity index (χ1v) is 13.1. The lowest BCUT2D eigenvalue weighted by Crippen LogP contribution is -2.35. The summed E-state index contributed by atoms with van der Waals surface area (Å²) >= 11 is 6.05. The van der Waals surface area contributed by atoms with Crippen LogP contribution in [0.5, 0.6) is 0 Å². The average molecular weight is 483 g/mol. The summed E-state index contributed by atoms with van der Waals surface area (Å²) in [5, 5.41) is 0.504. The molecular weight excluding hydrogens is 456 g/mol. The van der Waals surface area contributed by atoms with Crippen LogP contribution in [0.2, 0.25) is 5.02 Å². The van der Waals surface area contributed by atoms with Crippen molar-refractivity contribution in [3.63, 3.8) is 0 Å². The number of benzene rings is 3. The number of hydrogen-bond donors (Lipinski definition) is 1. The maximum absolute atomic E-state index is 13.1. The van der Waals surface area contributed by atoms with Crippen molar-refractivity contribution >= 4 is 38.9 Å². The van der Waals surface area contributed by atoms with Crippen molar-refractivity contribution in [2.45, 2.75) is 43.9 Å². The molecule has 172 valence electrons. The van der Waals surface area contributed by atoms with Crippen LogP contribution < -0.4 is 9.62 Å². The van der Waals surface area contributed by atoms with E-state index in [1.54, 1.807) is 59.5 Å². The predicted octanol–water partition coefficient (Wildman–Crippen LogP) is 6.08. The van der Waals surface area contributed by atoms with Gasteiger partial charge in [-0.15, -0.1) is 0 Å². The molecular formula is C26H27ClN2O3S. The van der Waals surface area contributed by atoms with Gasteiger partial charge in [0.15, 0.2) is 0 Å². The van der Waals surface area contributed by atoms with Crippen molar-refractivity contribution in [3.8, 4) is 0 Å². The molecule has 4 rings (SSSR count). The topological polar surface area (TPSA) is 66.5 Å². The van der Waals surface area contributed by atoms with E-state index >= 15 is 0 Å². The van der Waals surface area contributed by atoms with Crippen molar-refractivity contribution in [3.05, 3.63) is 88.4 Å². The summed E-state index contributed by atoms with van der Waals surface area (Å²) in [6, 6.07) is 19.3. The molecule has 0 fully saturated rings. The highest BCUT2D eigenvalue weighted by Gasteiger charge is 2.26. The molecule has 1 N–H and O–H groups in total. The number of anilines is 2. The van der Waals surface area contributed by atoms with E-state index in [1.807, 2.05) is 12.1 Å². The van der Waals surface area contributed by atoms with Gasteiger partial charge in [-0.3, -0.25) is 9.52 Å². The van der Waals surface area contributed by atoms with Gasteiger partial charge in [-0.1, -0.05) is 43.1 Å². The number of aryl methyl sites for hydroxylation is 2. The highest BCUT2D eigenvalue weighted by Crippen LogP contribution is 2.31. The molecule has 0 unspecified atom stereocenters. The van der Waals surface area contributed by atoms with Crippen molar-refractivity contribution < 1.29 is 13.2 Å². The summed E-state index contributed by atoms with van der Waals surface area (Å²) in [6.45, 7) is 2.72. The molecule has 0 atom stereocenters. The lowest BCUT2D eigenvalue weighted by Gasteiger charge is -2.30. The largest absolute Gasteiger partial charge is 0.308 e. The monoisotopic (exact) mass is 482 g/mol. The third kappa shape index (κ3) is 5.40. The molecule has 0 spiro atoms. The zero-order chi connectivity index (χ0) is 23.4. The first-order chi connectivity index (χ1) is 15.9. The van der Waals surface area contributed by atoms with Gasteiger partial charge in [0.2, 0.25) is 0 Å². The number of fused-ring (bicyclic) bond motifs is 1. The Morgan fingerprint density at radius 1 is 1.06 bits per heavy atom. The molecule has 0 aliphatic carbocycles. The maximum atomic E-state index is 13.1. The average Bonchev–Trinajstić information content (AvgIpc) is 2.82. The van der Waals surface area contributed by atoms with Crippen LogP contribution >= 0.6 is 11.6 Å². The predicted molar refractivity (Wildman–Crippen MR) is 134 cm³/mol. The standard InChI is InChI=1S/C26H27ClN2O3S/c1-2-3-6-19-10-12-23(13-11-19)28-33(31,32)24-14-15-25-20(18-24)8-5-16-29(25)26(30)21-7-4-9-22(27)17-21/h4,7,9-15,17-18,28H,2-3,5-6,8,16H2,1H3. The second-order valence-electron chi connectivity index (χ2n) is 8.27. The van der Waals surface area contributed by atoms with Crippen LogP contribution in [0.25, 0.3) is 0 Å². The molecule has 33 heavy (non-hydrogen) atoms. The molecule has 0 radical (unpaired) electrons. The molecule has 0 saturated heterocycles. The van der Waals surface area contributed by atoms with E-state index in [1.165, 1.54) is 5.56 Å². The Balaban J connectivity index is 1.55. The van der Waals surface area contributed by atoms with E-state index < -0.39 is 10.0 Å². The summed E-state index contributed by atoms with van der Waals surface area (Å²) in [4.78, 5) is 15.0. The highest BCUT2D eigenvalue weighted by atomic mass is 35.5. The van der Waals surface area contributed by atoms with Crippen molar-refractivity contribution in [1.29, 1.82) is 0 Å². The Labute approximate surface area is 200 Å². The Hall–Kier alpha value is -2.83. The minimum absolute atomic E-state index is 0.143. The first-order valence-electron chi connectivity index (χ1n) is 11.2. The van der Waals surface area contributed by atoms with Gasteiger partial charge >= 0.3 is 0 Å². The maximum Gasteiger partial charge on any atom is 0.261 e. The quantitative estimate of drug-likeness (QED) is 0.444. The third-order valence-corrected chi connectivity index (χ3v) is 7.44. The van der Waals surface area contributed by atoms with E-state index in [9.17, 15) is 13.2 Å². The summed E-state index contributed by atoms with van der Waals surface area (Å²) in [7, 11) is -3.74. The van der Waals surface area contributed by atoms with E-state index in [0.717, 1.165) is 36.9 Å².